The molecule has 0 aromatic heterocycles. The van der Waals surface area contributed by atoms with Crippen LogP contribution in [0.3, 0.4) is 0 Å². The number of unbranched alkanes of at least 4 members (excludes halogenated alkanes) is 17. The van der Waals surface area contributed by atoms with Crippen molar-refractivity contribution in [2.75, 3.05) is 41.0 Å². The molecule has 0 N–H and O–H groups in total. The summed E-state index contributed by atoms with van der Waals surface area (Å²) in [5, 5.41) is 11.6. The summed E-state index contributed by atoms with van der Waals surface area (Å²) in [4.78, 5) is 36.9. The Bertz CT molecular complexity index is 1130. The van der Waals surface area contributed by atoms with Crippen molar-refractivity contribution in [3.05, 3.63) is 60.8 Å². The van der Waals surface area contributed by atoms with E-state index < -0.39 is 18.1 Å². The van der Waals surface area contributed by atoms with Crippen molar-refractivity contribution in [2.24, 2.45) is 0 Å². The summed E-state index contributed by atoms with van der Waals surface area (Å²) in [5.74, 6) is -1.75. The minimum absolute atomic E-state index is 0.0341. The first-order valence-electron chi connectivity index (χ1n) is 23.3. The molecular weight excluding hydrogens is 727 g/mol. The number of allylic oxidation sites excluding steroid dienone is 10. The fourth-order valence-corrected chi connectivity index (χ4v) is 6.57. The first-order chi connectivity index (χ1) is 28.1. The zero-order valence-electron chi connectivity index (χ0n) is 37.9. The smallest absolute Gasteiger partial charge is 0.306 e. The Balaban J connectivity index is 4.32. The number of esters is 2. The van der Waals surface area contributed by atoms with Crippen LogP contribution in [0.5, 0.6) is 0 Å². The van der Waals surface area contributed by atoms with E-state index in [1.54, 1.807) is 21.1 Å². The molecule has 8 nitrogen and oxygen atoms in total. The van der Waals surface area contributed by atoms with Crippen LogP contribution in [0.25, 0.3) is 0 Å². The Morgan fingerprint density at radius 2 is 0.966 bits per heavy atom. The molecule has 0 amide bonds. The normalized spacial score (nSPS) is 13.5. The van der Waals surface area contributed by atoms with Crippen molar-refractivity contribution in [3.8, 4) is 0 Å². The van der Waals surface area contributed by atoms with Crippen LogP contribution in [0.2, 0.25) is 0 Å². The predicted octanol–water partition coefficient (Wildman–Crippen LogP) is 11.6. The Labute approximate surface area is 356 Å². The minimum Gasteiger partial charge on any atom is -0.544 e. The topological polar surface area (TPSA) is 102 Å². The van der Waals surface area contributed by atoms with Gasteiger partial charge in [-0.3, -0.25) is 9.59 Å². The molecule has 0 heterocycles. The molecule has 0 spiro atoms. The molecule has 0 bridgehead atoms. The molecule has 334 valence electrons. The molecule has 0 aliphatic carbocycles. The molecule has 0 aliphatic rings. The van der Waals surface area contributed by atoms with Crippen molar-refractivity contribution in [1.82, 2.24) is 0 Å². The van der Waals surface area contributed by atoms with Gasteiger partial charge < -0.3 is 28.6 Å². The van der Waals surface area contributed by atoms with Gasteiger partial charge in [0.1, 0.15) is 12.6 Å². The number of carboxylic acid groups (broad SMARTS) is 1. The summed E-state index contributed by atoms with van der Waals surface area (Å²) < 4.78 is 17.2. The lowest BCUT2D eigenvalue weighted by atomic mass is 10.0. The van der Waals surface area contributed by atoms with E-state index in [4.69, 9.17) is 14.2 Å². The molecule has 0 saturated carbocycles. The quantitative estimate of drug-likeness (QED) is 0.0262. The van der Waals surface area contributed by atoms with Gasteiger partial charge in [-0.2, -0.15) is 0 Å². The number of quaternary nitrogens is 1. The summed E-state index contributed by atoms with van der Waals surface area (Å²) in [6.07, 6.45) is 49.5. The average Bonchev–Trinajstić information content (AvgIpc) is 3.18. The van der Waals surface area contributed by atoms with Crippen molar-refractivity contribution in [3.63, 3.8) is 0 Å². The molecule has 0 rings (SSSR count). The number of hydrogen-bond donors (Lipinski definition) is 0. The summed E-state index contributed by atoms with van der Waals surface area (Å²) in [6, 6.07) is -0.729. The largest absolute Gasteiger partial charge is 0.544 e. The number of carbonyl (C=O) groups excluding carboxylic acids is 3. The number of likely N-dealkylation sites (N-methyl/N-ethyl adjacent to an activating group) is 1. The highest BCUT2D eigenvalue weighted by Crippen LogP contribution is 2.14. The van der Waals surface area contributed by atoms with E-state index in [2.05, 4.69) is 74.6 Å². The molecule has 8 heteroatoms. The highest BCUT2D eigenvalue weighted by molar-refractivity contribution is 5.70. The number of aliphatic carboxylic acids is 1. The number of ether oxygens (including phenoxy) is 3. The van der Waals surface area contributed by atoms with Crippen molar-refractivity contribution in [1.29, 1.82) is 0 Å². The predicted molar refractivity (Wildman–Crippen MR) is 240 cm³/mol. The Hall–Kier alpha value is -2.97. The van der Waals surface area contributed by atoms with E-state index in [0.29, 0.717) is 12.8 Å². The molecule has 0 saturated heterocycles. The van der Waals surface area contributed by atoms with Crippen molar-refractivity contribution in [2.45, 2.75) is 199 Å². The summed E-state index contributed by atoms with van der Waals surface area (Å²) >= 11 is 0. The van der Waals surface area contributed by atoms with Crippen LogP contribution in [-0.4, -0.2) is 75.5 Å². The van der Waals surface area contributed by atoms with Crippen LogP contribution >= 0.6 is 0 Å². The van der Waals surface area contributed by atoms with Crippen molar-refractivity contribution >= 4 is 17.9 Å². The molecule has 58 heavy (non-hydrogen) atoms. The standard InChI is InChI=1S/C50H87NO7/c1-6-8-10-12-14-16-18-20-21-22-23-24-25-26-27-28-29-31-33-35-37-39-41-49(53)58-46(44-56-43-42-47(50(54)55)51(3,4)5)45-57-48(52)40-38-36-34-32-30-19-17-15-13-11-9-7-2/h8,10,14,16,20-21,23-24,26-27,46-47H,6-7,9,11-13,15,17-19,22,25,28-45H2,1-5H3/b10-8+,16-14+,21-20+,24-23+,27-26+. The summed E-state index contributed by atoms with van der Waals surface area (Å²) in [6.45, 7) is 4.53. The second-order valence-corrected chi connectivity index (χ2v) is 16.6. The fraction of sp³-hybridized carbons (Fsp3) is 0.740. The second-order valence-electron chi connectivity index (χ2n) is 16.6. The monoisotopic (exact) mass is 814 g/mol. The Kier molecular flexibility index (Phi) is 38.7. The van der Waals surface area contributed by atoms with Gasteiger partial charge in [-0.05, 0) is 57.8 Å². The third kappa shape index (κ3) is 38.5. The van der Waals surface area contributed by atoms with Crippen LogP contribution < -0.4 is 5.11 Å². The SMILES string of the molecule is CC/C=C/C/C=C/C/C=C/C/C=C/C/C=C/CCCCCCCCC(=O)OC(COCCC(C(=O)[O-])[N+](C)(C)C)COC(=O)CCCCCCCCCCCCCC. The average molecular weight is 814 g/mol. The lowest BCUT2D eigenvalue weighted by Crippen LogP contribution is -2.55. The van der Waals surface area contributed by atoms with Crippen LogP contribution in [0.4, 0.5) is 0 Å². The maximum atomic E-state index is 12.7. The first kappa shape index (κ1) is 55.0. The molecule has 2 atom stereocenters. The Morgan fingerprint density at radius 1 is 0.534 bits per heavy atom. The highest BCUT2D eigenvalue weighted by atomic mass is 16.6. The van der Waals surface area contributed by atoms with E-state index in [1.165, 1.54) is 70.6 Å². The zero-order chi connectivity index (χ0) is 42.8. The number of rotatable bonds is 41. The van der Waals surface area contributed by atoms with Gasteiger partial charge in [0.15, 0.2) is 6.10 Å². The lowest BCUT2D eigenvalue weighted by molar-refractivity contribution is -0.889. The van der Waals surface area contributed by atoms with Crippen molar-refractivity contribution < 1.29 is 38.2 Å². The molecule has 0 radical (unpaired) electrons. The number of carboxylic acids is 1. The maximum Gasteiger partial charge on any atom is 0.306 e. The zero-order valence-corrected chi connectivity index (χ0v) is 37.9. The van der Waals surface area contributed by atoms with Crippen LogP contribution in [0.15, 0.2) is 60.8 Å². The summed E-state index contributed by atoms with van der Waals surface area (Å²) in [5.41, 5.74) is 0. The van der Waals surface area contributed by atoms with Gasteiger partial charge in [0.05, 0.1) is 40.3 Å². The third-order valence-electron chi connectivity index (χ3n) is 10.2. The van der Waals surface area contributed by atoms with Gasteiger partial charge in [-0.1, -0.05) is 171 Å². The Morgan fingerprint density at radius 3 is 1.43 bits per heavy atom. The van der Waals surface area contributed by atoms with Crippen LogP contribution in [0, 0.1) is 0 Å². The minimum atomic E-state index is -1.13. The highest BCUT2D eigenvalue weighted by Gasteiger charge is 2.25. The van der Waals surface area contributed by atoms with E-state index in [-0.39, 0.29) is 42.7 Å². The van der Waals surface area contributed by atoms with Crippen LogP contribution in [0.1, 0.15) is 187 Å². The van der Waals surface area contributed by atoms with Gasteiger partial charge >= 0.3 is 11.9 Å². The van der Waals surface area contributed by atoms with Gasteiger partial charge in [0, 0.05) is 19.3 Å². The fourth-order valence-electron chi connectivity index (χ4n) is 6.57. The number of hydrogen-bond acceptors (Lipinski definition) is 7. The van der Waals surface area contributed by atoms with E-state index in [1.807, 2.05) is 0 Å². The van der Waals surface area contributed by atoms with Gasteiger partial charge in [0.25, 0.3) is 0 Å². The molecule has 2 unspecified atom stereocenters. The number of carbonyl (C=O) groups is 3. The van der Waals surface area contributed by atoms with E-state index in [9.17, 15) is 19.5 Å². The van der Waals surface area contributed by atoms with Crippen LogP contribution in [-0.2, 0) is 28.6 Å². The lowest BCUT2D eigenvalue weighted by Gasteiger charge is -2.34. The summed E-state index contributed by atoms with van der Waals surface area (Å²) in [7, 11) is 5.40. The van der Waals surface area contributed by atoms with E-state index in [0.717, 1.165) is 83.5 Å². The molecular formula is C50H87NO7. The van der Waals surface area contributed by atoms with E-state index >= 15 is 0 Å². The van der Waals surface area contributed by atoms with Gasteiger partial charge in [0.2, 0.25) is 0 Å². The van der Waals surface area contributed by atoms with Gasteiger partial charge in [-0.15, -0.1) is 0 Å². The van der Waals surface area contributed by atoms with Gasteiger partial charge in [-0.25, -0.2) is 0 Å². The molecule has 0 fully saturated rings. The maximum absolute atomic E-state index is 12.7. The second kappa shape index (κ2) is 40.8. The molecule has 0 aromatic carbocycles. The first-order valence-corrected chi connectivity index (χ1v) is 23.3. The number of nitrogens with zero attached hydrogens (tertiary/aromatic N) is 1. The third-order valence-corrected chi connectivity index (χ3v) is 10.2. The molecule has 0 aromatic rings. The molecule has 0 aliphatic heterocycles.